The summed E-state index contributed by atoms with van der Waals surface area (Å²) in [6.07, 6.45) is -1.63. The van der Waals surface area contributed by atoms with E-state index in [-0.39, 0.29) is 11.7 Å². The van der Waals surface area contributed by atoms with Gasteiger partial charge in [-0.1, -0.05) is 6.92 Å². The minimum absolute atomic E-state index is 0.247. The molecule has 0 aliphatic carbocycles. The summed E-state index contributed by atoms with van der Waals surface area (Å²) in [5, 5.41) is 6.22. The Morgan fingerprint density at radius 3 is 2.60 bits per heavy atom. The van der Waals surface area contributed by atoms with Crippen molar-refractivity contribution in [3.8, 4) is 5.75 Å². The number of benzene rings is 1. The van der Waals surface area contributed by atoms with E-state index in [0.717, 1.165) is 44.6 Å². The van der Waals surface area contributed by atoms with Gasteiger partial charge in [0.15, 0.2) is 5.96 Å². The minimum atomic E-state index is -4.70. The number of nitrogens with zero attached hydrogens (tertiary/aromatic N) is 3. The fourth-order valence-electron chi connectivity index (χ4n) is 3.29. The molecule has 1 aromatic heterocycles. The van der Waals surface area contributed by atoms with Crippen LogP contribution in [-0.2, 0) is 13.0 Å². The number of aliphatic imine (C=N–C) groups is 1. The highest BCUT2D eigenvalue weighted by Crippen LogP contribution is 2.24. The highest BCUT2D eigenvalue weighted by atomic mass is 32.1. The first-order valence-corrected chi connectivity index (χ1v) is 10.8. The molecule has 2 aromatic rings. The van der Waals surface area contributed by atoms with Gasteiger partial charge in [0.1, 0.15) is 5.75 Å². The van der Waals surface area contributed by atoms with Gasteiger partial charge < -0.3 is 15.8 Å². The normalized spacial score (nSPS) is 16.6. The van der Waals surface area contributed by atoms with Crippen molar-refractivity contribution in [1.29, 1.82) is 0 Å². The lowest BCUT2D eigenvalue weighted by Crippen LogP contribution is -2.34. The van der Waals surface area contributed by atoms with E-state index in [2.05, 4.69) is 37.2 Å². The van der Waals surface area contributed by atoms with Crippen LogP contribution in [0.15, 0.2) is 34.6 Å². The van der Waals surface area contributed by atoms with E-state index in [1.165, 1.54) is 29.3 Å². The average Bonchev–Trinajstić information content (AvgIpc) is 3.15. The van der Waals surface area contributed by atoms with E-state index in [4.69, 9.17) is 5.73 Å². The number of piperidine rings is 1. The highest BCUT2D eigenvalue weighted by Gasteiger charge is 2.31. The molecule has 164 valence electrons. The number of likely N-dealkylation sites (tertiary alicyclic amines) is 1. The van der Waals surface area contributed by atoms with Crippen molar-refractivity contribution < 1.29 is 17.9 Å². The van der Waals surface area contributed by atoms with Gasteiger partial charge in [-0.15, -0.1) is 24.5 Å². The largest absolute Gasteiger partial charge is 0.573 e. The van der Waals surface area contributed by atoms with Gasteiger partial charge in [0, 0.05) is 24.2 Å². The predicted molar refractivity (Wildman–Crippen MR) is 113 cm³/mol. The number of rotatable bonds is 7. The van der Waals surface area contributed by atoms with Gasteiger partial charge in [0.05, 0.1) is 10.7 Å². The molecular formula is C20H26F3N5OS. The Morgan fingerprint density at radius 2 is 2.00 bits per heavy atom. The molecule has 10 heteroatoms. The van der Waals surface area contributed by atoms with Crippen molar-refractivity contribution in [2.75, 3.05) is 25.0 Å². The van der Waals surface area contributed by atoms with Crippen molar-refractivity contribution in [1.82, 2.24) is 9.88 Å². The molecule has 1 saturated heterocycles. The second-order valence-electron chi connectivity index (χ2n) is 7.23. The highest BCUT2D eigenvalue weighted by molar-refractivity contribution is 7.09. The molecule has 1 aromatic carbocycles. The number of aryl methyl sites for hydroxylation is 1. The van der Waals surface area contributed by atoms with E-state index in [0.29, 0.717) is 18.2 Å². The van der Waals surface area contributed by atoms with E-state index in [9.17, 15) is 13.2 Å². The Labute approximate surface area is 178 Å². The Balaban J connectivity index is 1.40. The molecule has 0 unspecified atom stereocenters. The number of alkyl halides is 3. The molecular weight excluding hydrogens is 415 g/mol. The van der Waals surface area contributed by atoms with Gasteiger partial charge in [-0.3, -0.25) is 9.89 Å². The number of hydrogen-bond acceptors (Lipinski definition) is 5. The van der Waals surface area contributed by atoms with Crippen molar-refractivity contribution >= 4 is 23.0 Å². The Hall–Kier alpha value is -2.33. The molecule has 3 N–H and O–H groups in total. The number of nitrogens with two attached hydrogens (primary N) is 1. The second kappa shape index (κ2) is 10.1. The zero-order valence-corrected chi connectivity index (χ0v) is 17.6. The first-order chi connectivity index (χ1) is 14.3. The molecule has 1 aliphatic heterocycles. The van der Waals surface area contributed by atoms with Gasteiger partial charge in [-0.05, 0) is 62.5 Å². The fraction of sp³-hybridized carbons (Fsp3) is 0.500. The van der Waals surface area contributed by atoms with Crippen LogP contribution in [0.25, 0.3) is 0 Å². The molecule has 0 spiro atoms. The number of hydrogen-bond donors (Lipinski definition) is 2. The van der Waals surface area contributed by atoms with Crippen molar-refractivity contribution in [3.05, 3.63) is 40.3 Å². The Kier molecular flexibility index (Phi) is 7.54. The van der Waals surface area contributed by atoms with Crippen LogP contribution in [-0.4, -0.2) is 41.8 Å². The first-order valence-electron chi connectivity index (χ1n) is 9.89. The lowest BCUT2D eigenvalue weighted by molar-refractivity contribution is -0.274. The van der Waals surface area contributed by atoms with Crippen LogP contribution < -0.4 is 15.8 Å². The van der Waals surface area contributed by atoms with Crippen molar-refractivity contribution in [2.45, 2.75) is 39.1 Å². The summed E-state index contributed by atoms with van der Waals surface area (Å²) >= 11 is 1.72. The molecule has 0 bridgehead atoms. The van der Waals surface area contributed by atoms with Crippen LogP contribution >= 0.6 is 11.3 Å². The number of halogens is 3. The van der Waals surface area contributed by atoms with Gasteiger partial charge in [-0.25, -0.2) is 4.98 Å². The summed E-state index contributed by atoms with van der Waals surface area (Å²) in [5.74, 6) is 0.432. The summed E-state index contributed by atoms with van der Waals surface area (Å²) in [7, 11) is 0. The third-order valence-electron chi connectivity index (χ3n) is 4.87. The summed E-state index contributed by atoms with van der Waals surface area (Å²) in [5.41, 5.74) is 7.62. The van der Waals surface area contributed by atoms with E-state index in [1.807, 2.05) is 0 Å². The second-order valence-corrected chi connectivity index (χ2v) is 8.17. The van der Waals surface area contributed by atoms with Crippen LogP contribution in [0.5, 0.6) is 5.75 Å². The van der Waals surface area contributed by atoms with E-state index >= 15 is 0 Å². The van der Waals surface area contributed by atoms with Gasteiger partial charge in [-0.2, -0.15) is 0 Å². The maximum atomic E-state index is 12.2. The Morgan fingerprint density at radius 1 is 1.30 bits per heavy atom. The maximum Gasteiger partial charge on any atom is 0.573 e. The first kappa shape index (κ1) is 22.4. The number of nitrogens with one attached hydrogen (secondary N) is 1. The molecule has 0 saturated carbocycles. The summed E-state index contributed by atoms with van der Waals surface area (Å²) in [6.45, 7) is 5.65. The van der Waals surface area contributed by atoms with Crippen molar-refractivity contribution in [3.63, 3.8) is 0 Å². The predicted octanol–water partition coefficient (Wildman–Crippen LogP) is 4.24. The average molecular weight is 442 g/mol. The smallest absolute Gasteiger partial charge is 0.406 e. The third kappa shape index (κ3) is 7.17. The van der Waals surface area contributed by atoms with Gasteiger partial charge in [0.25, 0.3) is 0 Å². The molecule has 0 radical (unpaired) electrons. The monoisotopic (exact) mass is 441 g/mol. The molecule has 3 rings (SSSR count). The molecule has 6 nitrogen and oxygen atoms in total. The standard InChI is InChI=1S/C20H26F3N5OS/c1-2-18-26-16(13-30-18)12-28-9-7-14(8-10-28)11-25-19(24)27-15-3-5-17(6-4-15)29-20(21,22)23/h3-6,13-14H,2,7-12H2,1H3,(H3,24,25,27). The lowest BCUT2D eigenvalue weighted by Gasteiger charge is -2.30. The quantitative estimate of drug-likeness (QED) is 0.497. The number of guanidine groups is 1. The zero-order chi connectivity index (χ0) is 21.6. The number of thiazole rings is 1. The molecule has 0 atom stereocenters. The lowest BCUT2D eigenvalue weighted by atomic mass is 9.97. The fourth-order valence-corrected chi connectivity index (χ4v) is 4.03. The van der Waals surface area contributed by atoms with Crippen LogP contribution in [0.4, 0.5) is 18.9 Å². The Bertz CT molecular complexity index is 830. The number of aromatic nitrogens is 1. The van der Waals surface area contributed by atoms with Crippen LogP contribution in [0, 0.1) is 5.92 Å². The number of anilines is 1. The maximum absolute atomic E-state index is 12.2. The topological polar surface area (TPSA) is 75.8 Å². The molecule has 1 aliphatic rings. The SMILES string of the molecule is CCc1nc(CN2CCC(CN=C(N)Nc3ccc(OC(F)(F)F)cc3)CC2)cs1. The van der Waals surface area contributed by atoms with Crippen LogP contribution in [0.3, 0.4) is 0 Å². The zero-order valence-electron chi connectivity index (χ0n) is 16.8. The van der Waals surface area contributed by atoms with Crippen molar-refractivity contribution in [2.24, 2.45) is 16.6 Å². The minimum Gasteiger partial charge on any atom is -0.406 e. The van der Waals surface area contributed by atoms with Gasteiger partial charge in [0.2, 0.25) is 0 Å². The van der Waals surface area contributed by atoms with Crippen LogP contribution in [0.2, 0.25) is 0 Å². The number of ether oxygens (including phenoxy) is 1. The van der Waals surface area contributed by atoms with Gasteiger partial charge >= 0.3 is 6.36 Å². The molecule has 1 fully saturated rings. The molecule has 30 heavy (non-hydrogen) atoms. The van der Waals surface area contributed by atoms with Crippen LogP contribution in [0.1, 0.15) is 30.5 Å². The summed E-state index contributed by atoms with van der Waals surface area (Å²) < 4.78 is 40.4. The summed E-state index contributed by atoms with van der Waals surface area (Å²) in [4.78, 5) is 11.4. The van der Waals surface area contributed by atoms with E-state index < -0.39 is 6.36 Å². The third-order valence-corrected chi connectivity index (χ3v) is 5.92. The molecule has 2 heterocycles. The molecule has 0 amide bonds. The van der Waals surface area contributed by atoms with E-state index in [1.54, 1.807) is 11.3 Å². The summed E-state index contributed by atoms with van der Waals surface area (Å²) in [6, 6.07) is 5.38.